The summed E-state index contributed by atoms with van der Waals surface area (Å²) in [5, 5.41) is 6.79. The van der Waals surface area contributed by atoms with Crippen LogP contribution in [0.5, 0.6) is 0 Å². The highest BCUT2D eigenvalue weighted by Crippen LogP contribution is 2.07. The molecule has 0 aliphatic rings. The third kappa shape index (κ3) is 2.52. The summed E-state index contributed by atoms with van der Waals surface area (Å²) in [5.41, 5.74) is 0. The van der Waals surface area contributed by atoms with Crippen LogP contribution < -0.4 is 0 Å². The Morgan fingerprint density at radius 1 is 1.47 bits per heavy atom. The minimum atomic E-state index is -3.32. The number of H-pyrrole nitrogens is 1. The molecule has 0 atom stereocenters. The van der Waals surface area contributed by atoms with Gasteiger partial charge in [0.05, 0.1) is 6.54 Å². The number of rotatable bonds is 4. The van der Waals surface area contributed by atoms with E-state index in [2.05, 4.69) is 20.2 Å². The smallest absolute Gasteiger partial charge is 0.227 e. The van der Waals surface area contributed by atoms with Gasteiger partial charge >= 0.3 is 0 Å². The SMILES string of the molecule is CCc1n[nH]c(Cn2ccnc2S(C)(=O)=O)n1. The molecule has 1 N–H and O–H groups in total. The highest BCUT2D eigenvalue weighted by Gasteiger charge is 2.15. The van der Waals surface area contributed by atoms with Crippen LogP contribution >= 0.6 is 0 Å². The third-order valence-electron chi connectivity index (χ3n) is 2.22. The molecule has 0 bridgehead atoms. The Balaban J connectivity index is 2.28. The standard InChI is InChI=1S/C9H13N5O2S/c1-3-7-11-8(13-12-7)6-14-5-4-10-9(14)17(2,15)16/h4-5H,3,6H2,1-2H3,(H,11,12,13). The summed E-state index contributed by atoms with van der Waals surface area (Å²) >= 11 is 0. The summed E-state index contributed by atoms with van der Waals surface area (Å²) in [6.45, 7) is 2.27. The average Bonchev–Trinajstić information content (AvgIpc) is 2.85. The lowest BCUT2D eigenvalue weighted by atomic mass is 10.5. The Morgan fingerprint density at radius 2 is 2.24 bits per heavy atom. The zero-order chi connectivity index (χ0) is 12.5. The second-order valence-corrected chi connectivity index (χ2v) is 5.57. The molecule has 92 valence electrons. The van der Waals surface area contributed by atoms with Crippen LogP contribution in [-0.4, -0.2) is 39.4 Å². The molecule has 0 radical (unpaired) electrons. The molecule has 0 fully saturated rings. The van der Waals surface area contributed by atoms with Gasteiger partial charge in [-0.25, -0.2) is 18.4 Å². The lowest BCUT2D eigenvalue weighted by Crippen LogP contribution is -2.10. The molecule has 2 aromatic rings. The molecule has 0 amide bonds. The van der Waals surface area contributed by atoms with E-state index in [-0.39, 0.29) is 5.16 Å². The monoisotopic (exact) mass is 255 g/mol. The zero-order valence-electron chi connectivity index (χ0n) is 9.58. The minimum absolute atomic E-state index is 0.0342. The first kappa shape index (κ1) is 11.8. The van der Waals surface area contributed by atoms with Gasteiger partial charge in [-0.1, -0.05) is 6.92 Å². The number of nitrogens with one attached hydrogen (secondary N) is 1. The molecule has 0 aromatic carbocycles. The molecule has 2 rings (SSSR count). The van der Waals surface area contributed by atoms with E-state index in [0.29, 0.717) is 18.2 Å². The van der Waals surface area contributed by atoms with Crippen molar-refractivity contribution in [3.8, 4) is 0 Å². The highest BCUT2D eigenvalue weighted by atomic mass is 32.2. The Hall–Kier alpha value is -1.70. The normalized spacial score (nSPS) is 11.9. The van der Waals surface area contributed by atoms with Crippen molar-refractivity contribution in [2.75, 3.05) is 6.26 Å². The van der Waals surface area contributed by atoms with Gasteiger partial charge in [0.1, 0.15) is 5.82 Å². The second kappa shape index (κ2) is 4.28. The number of aryl methyl sites for hydroxylation is 1. The summed E-state index contributed by atoms with van der Waals surface area (Å²) in [6, 6.07) is 0. The molecule has 0 saturated heterocycles. The lowest BCUT2D eigenvalue weighted by Gasteiger charge is -2.02. The molecule has 0 aliphatic heterocycles. The van der Waals surface area contributed by atoms with E-state index >= 15 is 0 Å². The maximum Gasteiger partial charge on any atom is 0.227 e. The van der Waals surface area contributed by atoms with Gasteiger partial charge in [0.2, 0.25) is 15.0 Å². The third-order valence-corrected chi connectivity index (χ3v) is 3.23. The van der Waals surface area contributed by atoms with Crippen molar-refractivity contribution >= 4 is 9.84 Å². The molecule has 0 spiro atoms. The number of hydrogen-bond acceptors (Lipinski definition) is 5. The average molecular weight is 255 g/mol. The van der Waals surface area contributed by atoms with Crippen molar-refractivity contribution in [2.24, 2.45) is 0 Å². The first-order valence-corrected chi connectivity index (χ1v) is 7.01. The van der Waals surface area contributed by atoms with Gasteiger partial charge in [-0.3, -0.25) is 5.10 Å². The van der Waals surface area contributed by atoms with Gasteiger partial charge in [0, 0.05) is 25.1 Å². The van der Waals surface area contributed by atoms with E-state index in [4.69, 9.17) is 0 Å². The largest absolute Gasteiger partial charge is 0.314 e. The van der Waals surface area contributed by atoms with Crippen molar-refractivity contribution in [3.05, 3.63) is 24.0 Å². The van der Waals surface area contributed by atoms with Gasteiger partial charge in [0.25, 0.3) is 0 Å². The lowest BCUT2D eigenvalue weighted by molar-refractivity contribution is 0.575. The molecular weight excluding hydrogens is 242 g/mol. The molecule has 2 aromatic heterocycles. The van der Waals surface area contributed by atoms with Gasteiger partial charge in [-0.05, 0) is 0 Å². The fourth-order valence-corrected chi connectivity index (χ4v) is 2.27. The van der Waals surface area contributed by atoms with Crippen LogP contribution in [0.15, 0.2) is 17.6 Å². The van der Waals surface area contributed by atoms with E-state index in [1.165, 1.54) is 10.8 Å². The fraction of sp³-hybridized carbons (Fsp3) is 0.444. The van der Waals surface area contributed by atoms with Gasteiger partial charge in [0.15, 0.2) is 5.82 Å². The van der Waals surface area contributed by atoms with Crippen LogP contribution in [0, 0.1) is 0 Å². The highest BCUT2D eigenvalue weighted by molar-refractivity contribution is 7.90. The molecule has 0 unspecified atom stereocenters. The van der Waals surface area contributed by atoms with E-state index in [0.717, 1.165) is 12.7 Å². The van der Waals surface area contributed by atoms with Crippen LogP contribution in [0.25, 0.3) is 0 Å². The maximum absolute atomic E-state index is 11.4. The predicted molar refractivity (Wildman–Crippen MR) is 60.2 cm³/mol. The maximum atomic E-state index is 11.4. The Bertz CT molecular complexity index is 613. The predicted octanol–water partition coefficient (Wildman–Crippen LogP) is 0.0154. The van der Waals surface area contributed by atoms with E-state index < -0.39 is 9.84 Å². The Kier molecular flexibility index (Phi) is 2.97. The van der Waals surface area contributed by atoms with Gasteiger partial charge in [-0.15, -0.1) is 0 Å². The molecule has 17 heavy (non-hydrogen) atoms. The number of sulfone groups is 1. The first-order valence-electron chi connectivity index (χ1n) is 5.12. The van der Waals surface area contributed by atoms with Gasteiger partial charge in [-0.2, -0.15) is 5.10 Å². The van der Waals surface area contributed by atoms with Crippen LogP contribution in [0.4, 0.5) is 0 Å². The second-order valence-electron chi connectivity index (χ2n) is 3.66. The number of imidazole rings is 1. The topological polar surface area (TPSA) is 93.5 Å². The Morgan fingerprint density at radius 3 is 2.82 bits per heavy atom. The minimum Gasteiger partial charge on any atom is -0.314 e. The van der Waals surface area contributed by atoms with Crippen LogP contribution in [0.3, 0.4) is 0 Å². The quantitative estimate of drug-likeness (QED) is 0.831. The van der Waals surface area contributed by atoms with Crippen molar-refractivity contribution in [1.29, 1.82) is 0 Å². The molecule has 2 heterocycles. The number of aromatic amines is 1. The summed E-state index contributed by atoms with van der Waals surface area (Å²) in [5.74, 6) is 1.32. The van der Waals surface area contributed by atoms with Crippen molar-refractivity contribution in [2.45, 2.75) is 25.0 Å². The first-order chi connectivity index (χ1) is 8.00. The molecular formula is C9H13N5O2S. The number of nitrogens with zero attached hydrogens (tertiary/aromatic N) is 4. The number of hydrogen-bond donors (Lipinski definition) is 1. The van der Waals surface area contributed by atoms with Crippen LogP contribution in [-0.2, 0) is 22.8 Å². The molecule has 0 aliphatic carbocycles. The molecule has 0 saturated carbocycles. The van der Waals surface area contributed by atoms with Crippen molar-refractivity contribution in [1.82, 2.24) is 24.7 Å². The summed E-state index contributed by atoms with van der Waals surface area (Å²) in [6.07, 6.45) is 4.92. The van der Waals surface area contributed by atoms with Gasteiger partial charge < -0.3 is 4.57 Å². The van der Waals surface area contributed by atoms with E-state index in [1.54, 1.807) is 6.20 Å². The summed E-state index contributed by atoms with van der Waals surface area (Å²) in [7, 11) is -3.32. The van der Waals surface area contributed by atoms with Crippen LogP contribution in [0.2, 0.25) is 0 Å². The van der Waals surface area contributed by atoms with Crippen molar-refractivity contribution < 1.29 is 8.42 Å². The van der Waals surface area contributed by atoms with E-state index in [1.807, 2.05) is 6.92 Å². The van der Waals surface area contributed by atoms with E-state index in [9.17, 15) is 8.42 Å². The summed E-state index contributed by atoms with van der Waals surface area (Å²) in [4.78, 5) is 8.04. The van der Waals surface area contributed by atoms with Crippen molar-refractivity contribution in [3.63, 3.8) is 0 Å². The molecule has 8 heteroatoms. The summed E-state index contributed by atoms with van der Waals surface area (Å²) < 4.78 is 24.4. The zero-order valence-corrected chi connectivity index (χ0v) is 10.4. The van der Waals surface area contributed by atoms with Crippen LogP contribution in [0.1, 0.15) is 18.6 Å². The number of aromatic nitrogens is 5. The molecule has 7 nitrogen and oxygen atoms in total. The Labute approximate surface area is 98.8 Å². The fourth-order valence-electron chi connectivity index (χ4n) is 1.47.